The van der Waals surface area contributed by atoms with Crippen molar-refractivity contribution < 1.29 is 5.11 Å². The third kappa shape index (κ3) is 3.08. The maximum absolute atomic E-state index is 9.37. The Balaban J connectivity index is 1.74. The Bertz CT molecular complexity index is 556. The van der Waals surface area contributed by atoms with Gasteiger partial charge in [-0.2, -0.15) is 0 Å². The second-order valence-electron chi connectivity index (χ2n) is 5.42. The summed E-state index contributed by atoms with van der Waals surface area (Å²) in [6, 6.07) is 17.0. The monoisotopic (exact) mass is 284 g/mol. The summed E-state index contributed by atoms with van der Waals surface area (Å²) in [7, 11) is 0. The van der Waals surface area contributed by atoms with Gasteiger partial charge in [0.05, 0.1) is 6.61 Å². The van der Waals surface area contributed by atoms with Crippen molar-refractivity contribution in [1.29, 1.82) is 0 Å². The fraction of sp³-hybridized carbons (Fsp3) is 0.333. The standard InChI is InChI=1S/C18H20OS/c19-13-16-7-3-4-8-18(16)20-17-11-9-15(10-12-17)14-5-1-2-6-14/h3-4,7-12,14,19H,1-2,5-6,13H2. The van der Waals surface area contributed by atoms with E-state index in [1.807, 2.05) is 18.2 Å². The van der Waals surface area contributed by atoms with Crippen LogP contribution in [0.3, 0.4) is 0 Å². The molecule has 3 rings (SSSR count). The van der Waals surface area contributed by atoms with E-state index in [1.165, 1.54) is 36.1 Å². The van der Waals surface area contributed by atoms with Crippen LogP contribution in [-0.4, -0.2) is 5.11 Å². The Morgan fingerprint density at radius 3 is 2.35 bits per heavy atom. The van der Waals surface area contributed by atoms with E-state index in [-0.39, 0.29) is 6.61 Å². The molecule has 0 heterocycles. The maximum Gasteiger partial charge on any atom is 0.0692 e. The highest BCUT2D eigenvalue weighted by Crippen LogP contribution is 2.36. The third-order valence-electron chi connectivity index (χ3n) is 4.08. The molecule has 2 aromatic rings. The number of aliphatic hydroxyl groups excluding tert-OH is 1. The van der Waals surface area contributed by atoms with E-state index in [4.69, 9.17) is 0 Å². The van der Waals surface area contributed by atoms with E-state index < -0.39 is 0 Å². The van der Waals surface area contributed by atoms with E-state index in [0.717, 1.165) is 16.4 Å². The molecule has 2 aromatic carbocycles. The summed E-state index contributed by atoms with van der Waals surface area (Å²) in [5.41, 5.74) is 2.49. The van der Waals surface area contributed by atoms with Gasteiger partial charge in [0.15, 0.2) is 0 Å². The lowest BCUT2D eigenvalue weighted by atomic mass is 9.98. The van der Waals surface area contributed by atoms with Gasteiger partial charge in [-0.3, -0.25) is 0 Å². The predicted molar refractivity (Wildman–Crippen MR) is 84.1 cm³/mol. The molecule has 0 bridgehead atoms. The molecule has 2 heteroatoms. The molecule has 1 saturated carbocycles. The molecule has 20 heavy (non-hydrogen) atoms. The Morgan fingerprint density at radius 1 is 0.950 bits per heavy atom. The molecule has 0 atom stereocenters. The smallest absolute Gasteiger partial charge is 0.0692 e. The Morgan fingerprint density at radius 2 is 1.65 bits per heavy atom. The minimum atomic E-state index is 0.101. The zero-order valence-corrected chi connectivity index (χ0v) is 12.4. The summed E-state index contributed by atoms with van der Waals surface area (Å²) in [6.07, 6.45) is 5.45. The number of hydrogen-bond donors (Lipinski definition) is 1. The molecule has 1 nitrogen and oxygen atoms in total. The van der Waals surface area contributed by atoms with Gasteiger partial charge in [0.1, 0.15) is 0 Å². The van der Waals surface area contributed by atoms with E-state index >= 15 is 0 Å². The normalized spacial score (nSPS) is 15.7. The summed E-state index contributed by atoms with van der Waals surface area (Å²) in [4.78, 5) is 2.39. The molecule has 0 spiro atoms. The van der Waals surface area contributed by atoms with E-state index in [0.29, 0.717) is 0 Å². The van der Waals surface area contributed by atoms with Gasteiger partial charge in [-0.15, -0.1) is 0 Å². The van der Waals surface area contributed by atoms with Crippen LogP contribution in [0, 0.1) is 0 Å². The molecule has 0 unspecified atom stereocenters. The molecule has 0 amide bonds. The van der Waals surface area contributed by atoms with Crippen molar-refractivity contribution in [3.8, 4) is 0 Å². The van der Waals surface area contributed by atoms with Gasteiger partial charge in [-0.25, -0.2) is 0 Å². The van der Waals surface area contributed by atoms with E-state index in [1.54, 1.807) is 11.8 Å². The molecule has 0 radical (unpaired) electrons. The fourth-order valence-electron chi connectivity index (χ4n) is 2.93. The van der Waals surface area contributed by atoms with Crippen LogP contribution in [0.15, 0.2) is 58.3 Å². The first-order valence-electron chi connectivity index (χ1n) is 7.33. The Kier molecular flexibility index (Phi) is 4.44. The van der Waals surface area contributed by atoms with Crippen molar-refractivity contribution in [2.45, 2.75) is 48.0 Å². The lowest BCUT2D eigenvalue weighted by Crippen LogP contribution is -1.91. The van der Waals surface area contributed by atoms with Gasteiger partial charge < -0.3 is 5.11 Å². The molecule has 0 saturated heterocycles. The minimum Gasteiger partial charge on any atom is -0.392 e. The SMILES string of the molecule is OCc1ccccc1Sc1ccc(C2CCCC2)cc1. The van der Waals surface area contributed by atoms with E-state index in [2.05, 4.69) is 30.3 Å². The number of aliphatic hydroxyl groups is 1. The van der Waals surface area contributed by atoms with Crippen LogP contribution >= 0.6 is 11.8 Å². The molecule has 1 N–H and O–H groups in total. The quantitative estimate of drug-likeness (QED) is 0.853. The van der Waals surface area contributed by atoms with Crippen molar-refractivity contribution in [2.75, 3.05) is 0 Å². The molecular formula is C18H20OS. The van der Waals surface area contributed by atoms with Gasteiger partial charge in [0.2, 0.25) is 0 Å². The molecule has 104 valence electrons. The van der Waals surface area contributed by atoms with Crippen molar-refractivity contribution >= 4 is 11.8 Å². The average molecular weight is 284 g/mol. The molecular weight excluding hydrogens is 264 g/mol. The summed E-state index contributed by atoms with van der Waals surface area (Å²) >= 11 is 1.73. The lowest BCUT2D eigenvalue weighted by Gasteiger charge is -2.11. The summed E-state index contributed by atoms with van der Waals surface area (Å²) in [6.45, 7) is 0.101. The second-order valence-corrected chi connectivity index (χ2v) is 6.53. The van der Waals surface area contributed by atoms with Crippen LogP contribution < -0.4 is 0 Å². The number of hydrogen-bond acceptors (Lipinski definition) is 2. The van der Waals surface area contributed by atoms with Crippen molar-refractivity contribution in [3.63, 3.8) is 0 Å². The number of rotatable bonds is 4. The van der Waals surface area contributed by atoms with Gasteiger partial charge in [0.25, 0.3) is 0 Å². The second kappa shape index (κ2) is 6.47. The van der Waals surface area contributed by atoms with Crippen molar-refractivity contribution in [2.24, 2.45) is 0 Å². The van der Waals surface area contributed by atoms with Gasteiger partial charge >= 0.3 is 0 Å². The predicted octanol–water partition coefficient (Wildman–Crippen LogP) is 4.99. The number of benzene rings is 2. The Hall–Kier alpha value is -1.25. The summed E-state index contributed by atoms with van der Waals surface area (Å²) in [5, 5.41) is 9.37. The van der Waals surface area contributed by atoms with Gasteiger partial charge in [-0.05, 0) is 48.1 Å². The van der Waals surface area contributed by atoms with Gasteiger partial charge in [-0.1, -0.05) is 54.9 Å². The van der Waals surface area contributed by atoms with Crippen LogP contribution in [0.4, 0.5) is 0 Å². The molecule has 1 aliphatic carbocycles. The van der Waals surface area contributed by atoms with Crippen LogP contribution in [0.5, 0.6) is 0 Å². The van der Waals surface area contributed by atoms with E-state index in [9.17, 15) is 5.11 Å². The average Bonchev–Trinajstić information content (AvgIpc) is 3.03. The summed E-state index contributed by atoms with van der Waals surface area (Å²) < 4.78 is 0. The van der Waals surface area contributed by atoms with Gasteiger partial charge in [0, 0.05) is 9.79 Å². The highest BCUT2D eigenvalue weighted by molar-refractivity contribution is 7.99. The minimum absolute atomic E-state index is 0.101. The third-order valence-corrected chi connectivity index (χ3v) is 5.20. The molecule has 0 aliphatic heterocycles. The van der Waals surface area contributed by atoms with Crippen LogP contribution in [-0.2, 0) is 6.61 Å². The molecule has 1 fully saturated rings. The topological polar surface area (TPSA) is 20.2 Å². The Labute approximate surface area is 125 Å². The zero-order chi connectivity index (χ0) is 13.8. The molecule has 0 aromatic heterocycles. The lowest BCUT2D eigenvalue weighted by molar-refractivity contribution is 0.279. The van der Waals surface area contributed by atoms with Crippen molar-refractivity contribution in [3.05, 3.63) is 59.7 Å². The first kappa shape index (κ1) is 13.7. The zero-order valence-electron chi connectivity index (χ0n) is 11.6. The first-order valence-corrected chi connectivity index (χ1v) is 8.15. The fourth-order valence-corrected chi connectivity index (χ4v) is 3.86. The maximum atomic E-state index is 9.37. The highest BCUT2D eigenvalue weighted by Gasteiger charge is 2.16. The largest absolute Gasteiger partial charge is 0.392 e. The van der Waals surface area contributed by atoms with Crippen LogP contribution in [0.2, 0.25) is 0 Å². The van der Waals surface area contributed by atoms with Crippen molar-refractivity contribution in [1.82, 2.24) is 0 Å². The van der Waals surface area contributed by atoms with Crippen LogP contribution in [0.25, 0.3) is 0 Å². The van der Waals surface area contributed by atoms with Crippen LogP contribution in [0.1, 0.15) is 42.7 Å². The highest BCUT2D eigenvalue weighted by atomic mass is 32.2. The molecule has 1 aliphatic rings. The first-order chi connectivity index (χ1) is 9.86. The summed E-state index contributed by atoms with van der Waals surface area (Å²) in [5.74, 6) is 0.777.